The summed E-state index contributed by atoms with van der Waals surface area (Å²) in [6.45, 7) is 15.3. The Balaban J connectivity index is 2.60. The van der Waals surface area contributed by atoms with Crippen LogP contribution in [0, 0.1) is 11.8 Å². The van der Waals surface area contributed by atoms with Gasteiger partial charge in [-0.25, -0.2) is 0 Å². The first kappa shape index (κ1) is 13.0. The van der Waals surface area contributed by atoms with E-state index >= 15 is 0 Å². The summed E-state index contributed by atoms with van der Waals surface area (Å²) in [4.78, 5) is 2.68. The number of piperidine rings is 1. The summed E-state index contributed by atoms with van der Waals surface area (Å²) in [6.07, 6.45) is 1.33. The van der Waals surface area contributed by atoms with E-state index in [0.717, 1.165) is 17.9 Å². The minimum Gasteiger partial charge on any atom is -0.315 e. The molecule has 90 valence electrons. The van der Waals surface area contributed by atoms with Gasteiger partial charge in [0, 0.05) is 25.2 Å². The quantitative estimate of drug-likeness (QED) is 0.769. The van der Waals surface area contributed by atoms with E-state index in [1.54, 1.807) is 0 Å². The lowest BCUT2D eigenvalue weighted by Crippen LogP contribution is -2.53. The van der Waals surface area contributed by atoms with Crippen LogP contribution in [0.25, 0.3) is 0 Å². The molecule has 0 aliphatic carbocycles. The second-order valence-corrected chi connectivity index (χ2v) is 5.72. The Labute approximate surface area is 95.4 Å². The van der Waals surface area contributed by atoms with E-state index in [4.69, 9.17) is 0 Å². The van der Waals surface area contributed by atoms with Gasteiger partial charge in [-0.05, 0) is 38.6 Å². The molecule has 2 unspecified atom stereocenters. The summed E-state index contributed by atoms with van der Waals surface area (Å²) < 4.78 is 0. The van der Waals surface area contributed by atoms with Gasteiger partial charge in [0.05, 0.1) is 0 Å². The summed E-state index contributed by atoms with van der Waals surface area (Å²) in [6, 6.07) is 1.40. The second-order valence-electron chi connectivity index (χ2n) is 5.72. The van der Waals surface area contributed by atoms with Crippen LogP contribution in [0.15, 0.2) is 0 Å². The molecule has 15 heavy (non-hydrogen) atoms. The average Bonchev–Trinajstić information content (AvgIpc) is 2.15. The smallest absolute Gasteiger partial charge is 0.0249 e. The predicted octanol–water partition coefficient (Wildman–Crippen LogP) is 2.35. The maximum atomic E-state index is 3.53. The third-order valence-electron chi connectivity index (χ3n) is 3.45. The molecule has 2 heteroatoms. The van der Waals surface area contributed by atoms with Gasteiger partial charge in [-0.3, -0.25) is 4.90 Å². The van der Waals surface area contributed by atoms with Crippen molar-refractivity contribution < 1.29 is 0 Å². The second kappa shape index (κ2) is 5.86. The normalized spacial score (nSPS) is 28.0. The summed E-state index contributed by atoms with van der Waals surface area (Å²) >= 11 is 0. The standard InChI is InChI=1S/C13H28N2/c1-10(2)9-15(11(3)4)13-8-14-7-6-12(13)5/h10-14H,6-9H2,1-5H3. The third kappa shape index (κ3) is 3.76. The monoisotopic (exact) mass is 212 g/mol. The van der Waals surface area contributed by atoms with Crippen LogP contribution in [-0.2, 0) is 0 Å². The minimum absolute atomic E-state index is 0.666. The van der Waals surface area contributed by atoms with Crippen LogP contribution in [0.3, 0.4) is 0 Å². The van der Waals surface area contributed by atoms with Crippen LogP contribution >= 0.6 is 0 Å². The van der Waals surface area contributed by atoms with Crippen molar-refractivity contribution >= 4 is 0 Å². The Morgan fingerprint density at radius 3 is 2.40 bits per heavy atom. The number of nitrogens with zero attached hydrogens (tertiary/aromatic N) is 1. The molecule has 0 saturated carbocycles. The van der Waals surface area contributed by atoms with E-state index in [1.165, 1.54) is 26.1 Å². The number of hydrogen-bond acceptors (Lipinski definition) is 2. The highest BCUT2D eigenvalue weighted by atomic mass is 15.2. The van der Waals surface area contributed by atoms with Gasteiger partial charge >= 0.3 is 0 Å². The molecule has 1 saturated heterocycles. The van der Waals surface area contributed by atoms with Crippen LogP contribution in [-0.4, -0.2) is 36.6 Å². The Kier molecular flexibility index (Phi) is 5.07. The fraction of sp³-hybridized carbons (Fsp3) is 1.00. The third-order valence-corrected chi connectivity index (χ3v) is 3.45. The molecular formula is C13H28N2. The van der Waals surface area contributed by atoms with Gasteiger partial charge in [0.1, 0.15) is 0 Å². The molecule has 0 amide bonds. The van der Waals surface area contributed by atoms with E-state index in [-0.39, 0.29) is 0 Å². The molecule has 0 spiro atoms. The zero-order valence-corrected chi connectivity index (χ0v) is 11.1. The maximum absolute atomic E-state index is 3.53. The van der Waals surface area contributed by atoms with E-state index in [2.05, 4.69) is 44.8 Å². The number of rotatable bonds is 4. The van der Waals surface area contributed by atoms with Gasteiger partial charge in [0.15, 0.2) is 0 Å². The Morgan fingerprint density at radius 1 is 1.27 bits per heavy atom. The lowest BCUT2D eigenvalue weighted by molar-refractivity contribution is 0.0799. The lowest BCUT2D eigenvalue weighted by Gasteiger charge is -2.42. The topological polar surface area (TPSA) is 15.3 Å². The van der Waals surface area contributed by atoms with Crippen molar-refractivity contribution in [2.75, 3.05) is 19.6 Å². The van der Waals surface area contributed by atoms with Crippen LogP contribution < -0.4 is 5.32 Å². The Bertz CT molecular complexity index is 177. The van der Waals surface area contributed by atoms with Crippen molar-refractivity contribution in [2.24, 2.45) is 11.8 Å². The molecule has 1 rings (SSSR count). The molecule has 0 aromatic carbocycles. The summed E-state index contributed by atoms with van der Waals surface area (Å²) in [5, 5.41) is 3.53. The van der Waals surface area contributed by atoms with Gasteiger partial charge in [0.2, 0.25) is 0 Å². The van der Waals surface area contributed by atoms with Crippen LogP contribution in [0.1, 0.15) is 41.0 Å². The highest BCUT2D eigenvalue weighted by Gasteiger charge is 2.28. The predicted molar refractivity (Wildman–Crippen MR) is 67.1 cm³/mol. The zero-order valence-electron chi connectivity index (χ0n) is 11.1. The van der Waals surface area contributed by atoms with Gasteiger partial charge in [0.25, 0.3) is 0 Å². The Morgan fingerprint density at radius 2 is 1.93 bits per heavy atom. The van der Waals surface area contributed by atoms with E-state index in [0.29, 0.717) is 6.04 Å². The average molecular weight is 212 g/mol. The SMILES string of the molecule is CC(C)CN(C(C)C)C1CNCCC1C. The Hall–Kier alpha value is -0.0800. The first-order chi connectivity index (χ1) is 7.02. The number of hydrogen-bond donors (Lipinski definition) is 1. The van der Waals surface area contributed by atoms with Crippen molar-refractivity contribution in [1.82, 2.24) is 10.2 Å². The van der Waals surface area contributed by atoms with Gasteiger partial charge < -0.3 is 5.32 Å². The summed E-state index contributed by atoms with van der Waals surface area (Å²) in [5.41, 5.74) is 0. The van der Waals surface area contributed by atoms with Crippen molar-refractivity contribution in [3.63, 3.8) is 0 Å². The molecule has 2 nitrogen and oxygen atoms in total. The van der Waals surface area contributed by atoms with E-state index in [9.17, 15) is 0 Å². The maximum Gasteiger partial charge on any atom is 0.0249 e. The van der Waals surface area contributed by atoms with E-state index < -0.39 is 0 Å². The zero-order chi connectivity index (χ0) is 11.4. The largest absolute Gasteiger partial charge is 0.315 e. The van der Waals surface area contributed by atoms with Gasteiger partial charge in [-0.1, -0.05) is 20.8 Å². The molecular weight excluding hydrogens is 184 g/mol. The molecule has 1 aliphatic heterocycles. The van der Waals surface area contributed by atoms with Crippen LogP contribution in [0.2, 0.25) is 0 Å². The van der Waals surface area contributed by atoms with Crippen molar-refractivity contribution in [3.8, 4) is 0 Å². The van der Waals surface area contributed by atoms with Crippen molar-refractivity contribution in [1.29, 1.82) is 0 Å². The van der Waals surface area contributed by atoms with Crippen molar-refractivity contribution in [3.05, 3.63) is 0 Å². The fourth-order valence-electron chi connectivity index (χ4n) is 2.57. The molecule has 0 aromatic rings. The molecule has 2 atom stereocenters. The van der Waals surface area contributed by atoms with Crippen molar-refractivity contribution in [2.45, 2.75) is 53.1 Å². The first-order valence-electron chi connectivity index (χ1n) is 6.48. The number of nitrogens with one attached hydrogen (secondary N) is 1. The summed E-state index contributed by atoms with van der Waals surface area (Å²) in [7, 11) is 0. The molecule has 1 aliphatic rings. The highest BCUT2D eigenvalue weighted by molar-refractivity contribution is 4.85. The van der Waals surface area contributed by atoms with Gasteiger partial charge in [-0.2, -0.15) is 0 Å². The molecule has 1 N–H and O–H groups in total. The fourth-order valence-corrected chi connectivity index (χ4v) is 2.57. The molecule has 0 aromatic heterocycles. The molecule has 1 heterocycles. The van der Waals surface area contributed by atoms with E-state index in [1.807, 2.05) is 0 Å². The molecule has 0 radical (unpaired) electrons. The van der Waals surface area contributed by atoms with Crippen LogP contribution in [0.5, 0.6) is 0 Å². The molecule has 1 fully saturated rings. The summed E-state index contributed by atoms with van der Waals surface area (Å²) in [5.74, 6) is 1.61. The van der Waals surface area contributed by atoms with Gasteiger partial charge in [-0.15, -0.1) is 0 Å². The lowest BCUT2D eigenvalue weighted by atomic mass is 9.92. The van der Waals surface area contributed by atoms with Crippen LogP contribution in [0.4, 0.5) is 0 Å². The minimum atomic E-state index is 0.666. The highest BCUT2D eigenvalue weighted by Crippen LogP contribution is 2.20. The molecule has 0 bridgehead atoms. The first-order valence-corrected chi connectivity index (χ1v) is 6.48.